The Morgan fingerprint density at radius 1 is 1.19 bits per heavy atom. The highest BCUT2D eigenvalue weighted by atomic mass is 16.7. The predicted octanol–water partition coefficient (Wildman–Crippen LogP) is 1.84. The third-order valence-corrected chi connectivity index (χ3v) is 4.16. The highest BCUT2D eigenvalue weighted by Gasteiger charge is 2.35. The Morgan fingerprint density at radius 2 is 2.00 bits per heavy atom. The van der Waals surface area contributed by atoms with Crippen molar-refractivity contribution >= 4 is 17.3 Å². The van der Waals surface area contributed by atoms with Crippen molar-refractivity contribution in [2.75, 3.05) is 34.0 Å². The minimum Gasteiger partial charge on any atom is -0.454 e. The maximum Gasteiger partial charge on any atom is 0.244 e. The van der Waals surface area contributed by atoms with Crippen LogP contribution in [0.15, 0.2) is 27.6 Å². The maximum absolute atomic E-state index is 12.6. The van der Waals surface area contributed by atoms with Gasteiger partial charge < -0.3 is 18.8 Å². The molecule has 4 rings (SSSR count). The van der Waals surface area contributed by atoms with Crippen molar-refractivity contribution in [1.29, 1.82) is 0 Å². The zero-order valence-electron chi connectivity index (χ0n) is 14.4. The van der Waals surface area contributed by atoms with Gasteiger partial charge in [-0.1, -0.05) is 0 Å². The average molecular weight is 355 g/mol. The van der Waals surface area contributed by atoms with Gasteiger partial charge in [0.05, 0.1) is 18.7 Å². The second-order valence-corrected chi connectivity index (χ2v) is 6.33. The number of fused-ring (bicyclic) bond motifs is 2. The van der Waals surface area contributed by atoms with Crippen molar-refractivity contribution in [3.63, 3.8) is 0 Å². The summed E-state index contributed by atoms with van der Waals surface area (Å²) in [5.74, 6) is 0.716. The number of ether oxygens (including phenoxy) is 2. The van der Waals surface area contributed by atoms with Crippen LogP contribution >= 0.6 is 0 Å². The van der Waals surface area contributed by atoms with Gasteiger partial charge in [0.15, 0.2) is 23.0 Å². The molecule has 0 spiro atoms. The van der Waals surface area contributed by atoms with Gasteiger partial charge in [-0.2, -0.15) is 0 Å². The van der Waals surface area contributed by atoms with Crippen LogP contribution in [0.2, 0.25) is 0 Å². The summed E-state index contributed by atoms with van der Waals surface area (Å²) in [4.78, 5) is 35.4. The Labute approximate surface area is 149 Å². The molecule has 8 nitrogen and oxygen atoms in total. The van der Waals surface area contributed by atoms with E-state index in [2.05, 4.69) is 9.98 Å². The normalized spacial score (nSPS) is 17.3. The van der Waals surface area contributed by atoms with E-state index in [1.54, 1.807) is 18.2 Å². The SMILES string of the molecule is CN(C)CCN=C1CC(=O)c2nc(-c3ccc4c(c3)OCO4)oc2C1=O. The molecule has 0 saturated carbocycles. The van der Waals surface area contributed by atoms with Gasteiger partial charge in [-0.25, -0.2) is 4.98 Å². The molecule has 134 valence electrons. The monoisotopic (exact) mass is 355 g/mol. The van der Waals surface area contributed by atoms with Crippen molar-refractivity contribution in [3.8, 4) is 23.0 Å². The zero-order chi connectivity index (χ0) is 18.3. The van der Waals surface area contributed by atoms with Crippen LogP contribution in [-0.4, -0.2) is 61.1 Å². The fourth-order valence-corrected chi connectivity index (χ4v) is 2.78. The largest absolute Gasteiger partial charge is 0.454 e. The van der Waals surface area contributed by atoms with Crippen LogP contribution in [0, 0.1) is 0 Å². The van der Waals surface area contributed by atoms with Gasteiger partial charge in [-0.15, -0.1) is 0 Å². The number of carbonyl (C=O) groups is 2. The molecular weight excluding hydrogens is 338 g/mol. The van der Waals surface area contributed by atoms with E-state index < -0.39 is 0 Å². The molecule has 0 amide bonds. The Bertz CT molecular complexity index is 929. The summed E-state index contributed by atoms with van der Waals surface area (Å²) in [5, 5.41) is 0. The van der Waals surface area contributed by atoms with E-state index in [0.717, 1.165) is 0 Å². The molecule has 1 aliphatic heterocycles. The molecule has 1 aromatic heterocycles. The molecule has 2 heterocycles. The number of likely N-dealkylation sites (N-methyl/N-ethyl adjacent to an activating group) is 1. The molecule has 0 radical (unpaired) electrons. The lowest BCUT2D eigenvalue weighted by Crippen LogP contribution is -2.27. The number of nitrogens with zero attached hydrogens (tertiary/aromatic N) is 3. The van der Waals surface area contributed by atoms with Crippen molar-refractivity contribution in [2.45, 2.75) is 6.42 Å². The summed E-state index contributed by atoms with van der Waals surface area (Å²) in [6.07, 6.45) is -0.0492. The topological polar surface area (TPSA) is 94.2 Å². The Morgan fingerprint density at radius 3 is 2.81 bits per heavy atom. The van der Waals surface area contributed by atoms with E-state index in [1.165, 1.54) is 0 Å². The molecule has 0 N–H and O–H groups in total. The second kappa shape index (κ2) is 6.38. The van der Waals surface area contributed by atoms with Gasteiger partial charge >= 0.3 is 0 Å². The van der Waals surface area contributed by atoms with Crippen LogP contribution in [0.4, 0.5) is 0 Å². The highest BCUT2D eigenvalue weighted by molar-refractivity contribution is 6.51. The van der Waals surface area contributed by atoms with Crippen LogP contribution < -0.4 is 9.47 Å². The molecule has 1 aliphatic carbocycles. The Hall–Kier alpha value is -3.00. The molecule has 0 atom stereocenters. The Balaban J connectivity index is 1.65. The number of aliphatic imine (C=N–C) groups is 1. The van der Waals surface area contributed by atoms with E-state index in [-0.39, 0.29) is 47.8 Å². The van der Waals surface area contributed by atoms with Gasteiger partial charge in [0.1, 0.15) is 0 Å². The second-order valence-electron chi connectivity index (χ2n) is 6.33. The fourth-order valence-electron chi connectivity index (χ4n) is 2.78. The maximum atomic E-state index is 12.6. The summed E-state index contributed by atoms with van der Waals surface area (Å²) >= 11 is 0. The minimum atomic E-state index is -0.377. The quantitative estimate of drug-likeness (QED) is 0.826. The molecule has 8 heteroatoms. The van der Waals surface area contributed by atoms with Crippen molar-refractivity contribution < 1.29 is 23.5 Å². The van der Waals surface area contributed by atoms with Crippen LogP contribution in [0.25, 0.3) is 11.5 Å². The average Bonchev–Trinajstić information content (AvgIpc) is 3.25. The lowest BCUT2D eigenvalue weighted by atomic mass is 9.97. The number of hydrogen-bond acceptors (Lipinski definition) is 8. The molecule has 2 aromatic rings. The first-order chi connectivity index (χ1) is 12.5. The number of carbonyl (C=O) groups excluding carboxylic acids is 2. The van der Waals surface area contributed by atoms with Crippen molar-refractivity contribution in [3.05, 3.63) is 29.7 Å². The summed E-state index contributed by atoms with van der Waals surface area (Å²) in [6.45, 7) is 1.29. The van der Waals surface area contributed by atoms with Gasteiger partial charge in [0.2, 0.25) is 24.2 Å². The zero-order valence-corrected chi connectivity index (χ0v) is 14.4. The number of rotatable bonds is 4. The van der Waals surface area contributed by atoms with Crippen LogP contribution in [0.5, 0.6) is 11.5 Å². The number of benzene rings is 1. The molecule has 0 bridgehead atoms. The van der Waals surface area contributed by atoms with E-state index in [9.17, 15) is 9.59 Å². The van der Waals surface area contributed by atoms with Gasteiger partial charge in [0.25, 0.3) is 0 Å². The summed E-state index contributed by atoms with van der Waals surface area (Å²) in [6, 6.07) is 5.19. The molecule has 0 fully saturated rings. The first-order valence-corrected chi connectivity index (χ1v) is 8.19. The molecule has 26 heavy (non-hydrogen) atoms. The number of oxazole rings is 1. The molecule has 2 aliphatic rings. The lowest BCUT2D eigenvalue weighted by molar-refractivity contribution is 0.0949. The van der Waals surface area contributed by atoms with Crippen LogP contribution in [0.3, 0.4) is 0 Å². The number of aromatic nitrogens is 1. The van der Waals surface area contributed by atoms with Crippen LogP contribution in [-0.2, 0) is 0 Å². The summed E-state index contributed by atoms with van der Waals surface area (Å²) in [5.41, 5.74) is 0.891. The van der Waals surface area contributed by atoms with Gasteiger partial charge in [-0.05, 0) is 32.3 Å². The molecule has 1 aromatic carbocycles. The lowest BCUT2D eigenvalue weighted by Gasteiger charge is -2.10. The van der Waals surface area contributed by atoms with Gasteiger partial charge in [-0.3, -0.25) is 14.6 Å². The van der Waals surface area contributed by atoms with E-state index >= 15 is 0 Å². The number of ketones is 2. The summed E-state index contributed by atoms with van der Waals surface area (Å²) in [7, 11) is 3.83. The fraction of sp³-hybridized carbons (Fsp3) is 0.333. The number of hydrogen-bond donors (Lipinski definition) is 0. The Kier molecular flexibility index (Phi) is 4.04. The molecule has 0 saturated heterocycles. The first kappa shape index (κ1) is 16.5. The van der Waals surface area contributed by atoms with E-state index in [0.29, 0.717) is 30.2 Å². The van der Waals surface area contributed by atoms with E-state index in [4.69, 9.17) is 13.9 Å². The number of Topliss-reactive ketones (excluding diaryl/α,β-unsaturated/α-hetero) is 2. The highest BCUT2D eigenvalue weighted by Crippen LogP contribution is 2.36. The third-order valence-electron chi connectivity index (χ3n) is 4.16. The van der Waals surface area contributed by atoms with Crippen molar-refractivity contribution in [1.82, 2.24) is 9.88 Å². The van der Waals surface area contributed by atoms with E-state index in [1.807, 2.05) is 19.0 Å². The molecular formula is C18H17N3O5. The summed E-state index contributed by atoms with van der Waals surface area (Å²) < 4.78 is 16.2. The first-order valence-electron chi connectivity index (χ1n) is 8.19. The smallest absolute Gasteiger partial charge is 0.244 e. The predicted molar refractivity (Wildman–Crippen MR) is 92.2 cm³/mol. The standard InChI is InChI=1S/C18H17N3O5/c1-21(2)6-5-19-11-8-12(22)15-17(16(11)23)26-18(20-15)10-3-4-13-14(7-10)25-9-24-13/h3-4,7H,5-6,8-9H2,1-2H3. The minimum absolute atomic E-state index is 0.0440. The molecule has 0 unspecified atom stereocenters. The van der Waals surface area contributed by atoms with Gasteiger partial charge in [0, 0.05) is 12.1 Å². The third kappa shape index (κ3) is 2.88. The van der Waals surface area contributed by atoms with Crippen molar-refractivity contribution in [2.24, 2.45) is 4.99 Å². The van der Waals surface area contributed by atoms with Crippen LogP contribution in [0.1, 0.15) is 27.5 Å².